The lowest BCUT2D eigenvalue weighted by atomic mass is 10.3. The molecule has 1 aromatic carbocycles. The van der Waals surface area contributed by atoms with Gasteiger partial charge in [0.25, 0.3) is 0 Å². The molecule has 0 saturated heterocycles. The van der Waals surface area contributed by atoms with Crippen LogP contribution >= 0.6 is 11.3 Å². The summed E-state index contributed by atoms with van der Waals surface area (Å²) in [6.07, 6.45) is 3.31. The van der Waals surface area contributed by atoms with Gasteiger partial charge in [-0.2, -0.15) is 0 Å². The third-order valence-corrected chi connectivity index (χ3v) is 3.54. The number of amides is 2. The fourth-order valence-corrected chi connectivity index (χ4v) is 2.45. The Morgan fingerprint density at radius 3 is 2.68 bits per heavy atom. The summed E-state index contributed by atoms with van der Waals surface area (Å²) in [5, 5.41) is 14.0. The summed E-state index contributed by atoms with van der Waals surface area (Å²) in [7, 11) is 0. The van der Waals surface area contributed by atoms with Gasteiger partial charge in [0, 0.05) is 23.6 Å². The molecule has 2 amide bonds. The summed E-state index contributed by atoms with van der Waals surface area (Å²) in [6, 6.07) is 8.72. The van der Waals surface area contributed by atoms with Gasteiger partial charge in [0.05, 0.1) is 0 Å². The Morgan fingerprint density at radius 2 is 1.91 bits per heavy atom. The molecule has 6 nitrogen and oxygen atoms in total. The predicted octanol–water partition coefficient (Wildman–Crippen LogP) is 3.38. The van der Waals surface area contributed by atoms with E-state index in [1.165, 1.54) is 29.5 Å². The molecule has 3 rings (SSSR count). The van der Waals surface area contributed by atoms with Gasteiger partial charge in [-0.25, -0.2) is 9.18 Å². The maximum atomic E-state index is 13.0. The SMILES string of the molecule is O=C(Nc1cccc(F)c1)Nc1nnc(-c2ccncc2)s1. The molecule has 0 atom stereocenters. The lowest BCUT2D eigenvalue weighted by Gasteiger charge is -2.04. The average molecular weight is 315 g/mol. The van der Waals surface area contributed by atoms with Crippen LogP contribution in [-0.4, -0.2) is 21.2 Å². The largest absolute Gasteiger partial charge is 0.325 e. The highest BCUT2D eigenvalue weighted by molar-refractivity contribution is 7.18. The number of rotatable bonds is 3. The van der Waals surface area contributed by atoms with Crippen molar-refractivity contribution >= 4 is 28.2 Å². The van der Waals surface area contributed by atoms with E-state index >= 15 is 0 Å². The lowest BCUT2D eigenvalue weighted by molar-refractivity contribution is 0.262. The van der Waals surface area contributed by atoms with Gasteiger partial charge in [-0.15, -0.1) is 10.2 Å². The molecule has 2 aromatic heterocycles. The van der Waals surface area contributed by atoms with Crippen molar-refractivity contribution in [3.8, 4) is 10.6 Å². The van der Waals surface area contributed by atoms with Crippen molar-refractivity contribution in [1.82, 2.24) is 15.2 Å². The Labute approximate surface area is 129 Å². The number of hydrogen-bond acceptors (Lipinski definition) is 5. The van der Waals surface area contributed by atoms with E-state index in [4.69, 9.17) is 0 Å². The van der Waals surface area contributed by atoms with Crippen LogP contribution in [0.4, 0.5) is 20.0 Å². The minimum atomic E-state index is -0.511. The molecule has 0 bridgehead atoms. The van der Waals surface area contributed by atoms with Crippen molar-refractivity contribution in [3.05, 3.63) is 54.6 Å². The predicted molar refractivity (Wildman–Crippen MR) is 82.2 cm³/mol. The molecule has 0 aliphatic rings. The Hall–Kier alpha value is -2.87. The zero-order valence-electron chi connectivity index (χ0n) is 11.2. The first-order valence-electron chi connectivity index (χ1n) is 6.28. The number of carbonyl (C=O) groups is 1. The number of anilines is 2. The highest BCUT2D eigenvalue weighted by Gasteiger charge is 2.09. The van der Waals surface area contributed by atoms with Crippen molar-refractivity contribution in [1.29, 1.82) is 0 Å². The van der Waals surface area contributed by atoms with Gasteiger partial charge in [-0.1, -0.05) is 17.4 Å². The van der Waals surface area contributed by atoms with Crippen LogP contribution in [0, 0.1) is 5.82 Å². The smallest absolute Gasteiger partial charge is 0.308 e. The first kappa shape index (κ1) is 14.1. The second-order valence-electron chi connectivity index (χ2n) is 4.24. The summed E-state index contributed by atoms with van der Waals surface area (Å²) in [5.41, 5.74) is 1.22. The molecule has 0 spiro atoms. The topological polar surface area (TPSA) is 79.8 Å². The van der Waals surface area contributed by atoms with E-state index in [9.17, 15) is 9.18 Å². The molecule has 0 saturated carbocycles. The van der Waals surface area contributed by atoms with E-state index in [1.54, 1.807) is 30.6 Å². The lowest BCUT2D eigenvalue weighted by Crippen LogP contribution is -2.19. The Balaban J connectivity index is 1.66. The number of pyridine rings is 1. The summed E-state index contributed by atoms with van der Waals surface area (Å²) in [5.74, 6) is -0.423. The van der Waals surface area contributed by atoms with Gasteiger partial charge in [0.2, 0.25) is 5.13 Å². The number of nitrogens with zero attached hydrogens (tertiary/aromatic N) is 3. The average Bonchev–Trinajstić information content (AvgIpc) is 2.96. The maximum Gasteiger partial charge on any atom is 0.325 e. The third kappa shape index (κ3) is 3.41. The normalized spacial score (nSPS) is 10.2. The second-order valence-corrected chi connectivity index (χ2v) is 5.22. The molecule has 2 heterocycles. The van der Waals surface area contributed by atoms with Crippen molar-refractivity contribution in [2.24, 2.45) is 0 Å². The van der Waals surface area contributed by atoms with Gasteiger partial charge in [-0.3, -0.25) is 10.3 Å². The van der Waals surface area contributed by atoms with Crippen LogP contribution in [0.5, 0.6) is 0 Å². The minimum absolute atomic E-state index is 0.348. The molecular formula is C14H10FN5OS. The van der Waals surface area contributed by atoms with Crippen LogP contribution in [0.25, 0.3) is 10.6 Å². The van der Waals surface area contributed by atoms with Crippen LogP contribution in [0.15, 0.2) is 48.8 Å². The molecule has 110 valence electrons. The summed E-state index contributed by atoms with van der Waals surface area (Å²) in [6.45, 7) is 0. The van der Waals surface area contributed by atoms with E-state index < -0.39 is 11.8 Å². The van der Waals surface area contributed by atoms with Crippen LogP contribution in [0.2, 0.25) is 0 Å². The van der Waals surface area contributed by atoms with Crippen LogP contribution in [0.1, 0.15) is 0 Å². The Bertz CT molecular complexity index is 793. The minimum Gasteiger partial charge on any atom is -0.308 e. The second kappa shape index (κ2) is 6.27. The van der Waals surface area contributed by atoms with Crippen molar-refractivity contribution in [3.63, 3.8) is 0 Å². The van der Waals surface area contributed by atoms with Crippen LogP contribution < -0.4 is 10.6 Å². The van der Waals surface area contributed by atoms with E-state index in [-0.39, 0.29) is 0 Å². The molecule has 22 heavy (non-hydrogen) atoms. The summed E-state index contributed by atoms with van der Waals surface area (Å²) < 4.78 is 13.0. The molecule has 0 aliphatic heterocycles. The van der Waals surface area contributed by atoms with Crippen LogP contribution in [0.3, 0.4) is 0 Å². The summed E-state index contributed by atoms with van der Waals surface area (Å²) >= 11 is 1.23. The highest BCUT2D eigenvalue weighted by Crippen LogP contribution is 2.25. The van der Waals surface area contributed by atoms with Crippen molar-refractivity contribution < 1.29 is 9.18 Å². The van der Waals surface area contributed by atoms with Gasteiger partial charge >= 0.3 is 6.03 Å². The van der Waals surface area contributed by atoms with Gasteiger partial charge in [0.1, 0.15) is 10.8 Å². The number of urea groups is 1. The zero-order valence-corrected chi connectivity index (χ0v) is 12.0. The maximum absolute atomic E-state index is 13.0. The molecule has 0 fully saturated rings. The van der Waals surface area contributed by atoms with E-state index in [1.807, 2.05) is 0 Å². The molecule has 0 unspecified atom stereocenters. The molecule has 2 N–H and O–H groups in total. The first-order valence-corrected chi connectivity index (χ1v) is 7.10. The molecule has 0 radical (unpaired) electrons. The Kier molecular flexibility index (Phi) is 4.01. The highest BCUT2D eigenvalue weighted by atomic mass is 32.1. The van der Waals surface area contributed by atoms with E-state index in [0.29, 0.717) is 15.8 Å². The number of benzene rings is 1. The quantitative estimate of drug-likeness (QED) is 0.776. The monoisotopic (exact) mass is 315 g/mol. The molecular weight excluding hydrogens is 305 g/mol. The Morgan fingerprint density at radius 1 is 1.09 bits per heavy atom. The van der Waals surface area contributed by atoms with Crippen molar-refractivity contribution in [2.75, 3.05) is 10.6 Å². The standard InChI is InChI=1S/C14H10FN5OS/c15-10-2-1-3-11(8-10)17-13(21)18-14-20-19-12(22-14)9-4-6-16-7-5-9/h1-8H,(H2,17,18,20,21). The number of halogens is 1. The fraction of sp³-hybridized carbons (Fsp3) is 0. The van der Waals surface area contributed by atoms with E-state index in [2.05, 4.69) is 25.8 Å². The molecule has 8 heteroatoms. The summed E-state index contributed by atoms with van der Waals surface area (Å²) in [4.78, 5) is 15.7. The van der Waals surface area contributed by atoms with Gasteiger partial charge in [0.15, 0.2) is 0 Å². The number of aromatic nitrogens is 3. The zero-order chi connectivity index (χ0) is 15.4. The van der Waals surface area contributed by atoms with Gasteiger partial charge < -0.3 is 5.32 Å². The van der Waals surface area contributed by atoms with Crippen molar-refractivity contribution in [2.45, 2.75) is 0 Å². The fourth-order valence-electron chi connectivity index (χ4n) is 1.71. The molecule has 0 aliphatic carbocycles. The first-order chi connectivity index (χ1) is 10.7. The number of nitrogens with one attached hydrogen (secondary N) is 2. The number of carbonyl (C=O) groups excluding carboxylic acids is 1. The van der Waals surface area contributed by atoms with Gasteiger partial charge in [-0.05, 0) is 30.3 Å². The number of hydrogen-bond donors (Lipinski definition) is 2. The van der Waals surface area contributed by atoms with Crippen LogP contribution in [-0.2, 0) is 0 Å². The van der Waals surface area contributed by atoms with E-state index in [0.717, 1.165) is 5.56 Å². The third-order valence-electron chi connectivity index (χ3n) is 2.66. The molecule has 3 aromatic rings.